The van der Waals surface area contributed by atoms with Crippen LogP contribution in [0.5, 0.6) is 0 Å². The van der Waals surface area contributed by atoms with Crippen LogP contribution in [-0.2, 0) is 12.2 Å². The van der Waals surface area contributed by atoms with Crippen molar-refractivity contribution in [1.82, 2.24) is 15.3 Å². The van der Waals surface area contributed by atoms with Gasteiger partial charge in [0.2, 0.25) is 0 Å². The van der Waals surface area contributed by atoms with Gasteiger partial charge in [-0.3, -0.25) is 4.79 Å². The number of nitrogens with one attached hydrogen (secondary N) is 1. The third-order valence-corrected chi connectivity index (χ3v) is 7.07. The van der Waals surface area contributed by atoms with Crippen molar-refractivity contribution < 1.29 is 4.79 Å². The molecule has 2 heterocycles. The lowest BCUT2D eigenvalue weighted by molar-refractivity contribution is 0.0954. The van der Waals surface area contributed by atoms with Crippen molar-refractivity contribution in [2.45, 2.75) is 30.2 Å². The number of hydrogen-bond acceptors (Lipinski definition) is 5. The van der Waals surface area contributed by atoms with Crippen LogP contribution < -0.4 is 10.2 Å². The highest BCUT2D eigenvalue weighted by Gasteiger charge is 2.16. The number of aromatic nitrogens is 2. The zero-order valence-electron chi connectivity index (χ0n) is 17.9. The van der Waals surface area contributed by atoms with Crippen molar-refractivity contribution in [1.29, 1.82) is 0 Å². The first-order valence-corrected chi connectivity index (χ1v) is 12.8. The van der Waals surface area contributed by atoms with Gasteiger partial charge in [-0.15, -0.1) is 0 Å². The minimum Gasteiger partial charge on any atom is -0.356 e. The lowest BCUT2D eigenvalue weighted by Gasteiger charge is -2.16. The standard InChI is InChI=1S/C24H23Cl3N4OS/c25-19-8-7-17(20(26)13-19)9-10-28-23(32)18-5-3-16(4-6-18)15-33-24-29-21(27)14-22(30-24)31-11-1-2-12-31/h3-8,13-14H,1-2,9-12,15H2,(H,28,32). The number of hydrogen-bond donors (Lipinski definition) is 1. The molecule has 1 saturated heterocycles. The predicted molar refractivity (Wildman–Crippen MR) is 137 cm³/mol. The van der Waals surface area contributed by atoms with Crippen molar-refractivity contribution in [3.05, 3.63) is 80.4 Å². The molecule has 0 atom stereocenters. The molecule has 2 aromatic carbocycles. The maximum absolute atomic E-state index is 12.5. The molecule has 1 amide bonds. The summed E-state index contributed by atoms with van der Waals surface area (Å²) in [7, 11) is 0. The first kappa shape index (κ1) is 24.1. The zero-order valence-corrected chi connectivity index (χ0v) is 20.9. The maximum Gasteiger partial charge on any atom is 0.251 e. The fourth-order valence-electron chi connectivity index (χ4n) is 3.60. The fourth-order valence-corrected chi connectivity index (χ4v) is 5.14. The number of rotatable bonds is 8. The second-order valence-corrected chi connectivity index (χ2v) is 9.93. The molecule has 3 aromatic rings. The van der Waals surface area contributed by atoms with Gasteiger partial charge in [0.1, 0.15) is 11.0 Å². The van der Waals surface area contributed by atoms with E-state index < -0.39 is 0 Å². The van der Waals surface area contributed by atoms with Crippen LogP contribution in [0, 0.1) is 0 Å². The highest BCUT2D eigenvalue weighted by molar-refractivity contribution is 7.98. The maximum atomic E-state index is 12.5. The molecular weight excluding hydrogens is 499 g/mol. The van der Waals surface area contributed by atoms with Crippen LogP contribution in [0.3, 0.4) is 0 Å². The fraction of sp³-hybridized carbons (Fsp3) is 0.292. The molecule has 1 aliphatic rings. The van der Waals surface area contributed by atoms with E-state index in [1.54, 1.807) is 12.1 Å². The van der Waals surface area contributed by atoms with Gasteiger partial charge in [-0.25, -0.2) is 9.97 Å². The van der Waals surface area contributed by atoms with Crippen LogP contribution in [-0.4, -0.2) is 35.5 Å². The molecule has 0 bridgehead atoms. The monoisotopic (exact) mass is 520 g/mol. The van der Waals surface area contributed by atoms with Crippen LogP contribution in [0.4, 0.5) is 5.82 Å². The molecule has 33 heavy (non-hydrogen) atoms. The average molecular weight is 522 g/mol. The molecule has 172 valence electrons. The molecule has 4 rings (SSSR count). The van der Waals surface area contributed by atoms with Crippen molar-refractivity contribution >= 4 is 58.3 Å². The minimum absolute atomic E-state index is 0.118. The van der Waals surface area contributed by atoms with Gasteiger partial charge >= 0.3 is 0 Å². The number of thioether (sulfide) groups is 1. The molecule has 1 aliphatic heterocycles. The Kier molecular flexibility index (Phi) is 8.36. The molecule has 0 saturated carbocycles. The van der Waals surface area contributed by atoms with Gasteiger partial charge in [-0.2, -0.15) is 0 Å². The molecule has 9 heteroatoms. The Hall–Kier alpha value is -1.99. The van der Waals surface area contributed by atoms with Gasteiger partial charge < -0.3 is 10.2 Å². The molecule has 0 spiro atoms. The van der Waals surface area contributed by atoms with Crippen LogP contribution >= 0.6 is 46.6 Å². The van der Waals surface area contributed by atoms with Crippen LogP contribution in [0.2, 0.25) is 15.2 Å². The summed E-state index contributed by atoms with van der Waals surface area (Å²) in [4.78, 5) is 23.7. The zero-order chi connectivity index (χ0) is 23.2. The van der Waals surface area contributed by atoms with Crippen molar-refractivity contribution in [3.63, 3.8) is 0 Å². The molecule has 0 radical (unpaired) electrons. The first-order chi connectivity index (χ1) is 16.0. The van der Waals surface area contributed by atoms with Crippen molar-refractivity contribution in [3.8, 4) is 0 Å². The van der Waals surface area contributed by atoms with Crippen LogP contribution in [0.1, 0.15) is 34.3 Å². The minimum atomic E-state index is -0.118. The quantitative estimate of drug-likeness (QED) is 0.214. The second-order valence-electron chi connectivity index (χ2n) is 7.75. The van der Waals surface area contributed by atoms with E-state index in [1.165, 1.54) is 24.6 Å². The highest BCUT2D eigenvalue weighted by Crippen LogP contribution is 2.26. The summed E-state index contributed by atoms with van der Waals surface area (Å²) < 4.78 is 0. The topological polar surface area (TPSA) is 58.1 Å². The molecule has 0 aliphatic carbocycles. The largest absolute Gasteiger partial charge is 0.356 e. The van der Waals surface area contributed by atoms with Gasteiger partial charge in [0.05, 0.1) is 0 Å². The molecular formula is C24H23Cl3N4OS. The smallest absolute Gasteiger partial charge is 0.251 e. The Balaban J connectivity index is 1.28. The normalized spacial score (nSPS) is 13.4. The Morgan fingerprint density at radius 3 is 2.48 bits per heavy atom. The Morgan fingerprint density at radius 2 is 1.76 bits per heavy atom. The summed E-state index contributed by atoms with van der Waals surface area (Å²) in [6, 6.07) is 14.8. The van der Waals surface area contributed by atoms with Gasteiger partial charge in [-0.05, 0) is 54.7 Å². The molecule has 1 aromatic heterocycles. The van der Waals surface area contributed by atoms with Gasteiger partial charge in [0, 0.05) is 47.1 Å². The summed E-state index contributed by atoms with van der Waals surface area (Å²) >= 11 is 19.9. The lowest BCUT2D eigenvalue weighted by Crippen LogP contribution is -2.25. The predicted octanol–water partition coefficient (Wildman–Crippen LogP) is 6.30. The average Bonchev–Trinajstić information content (AvgIpc) is 3.34. The van der Waals surface area contributed by atoms with E-state index in [4.69, 9.17) is 34.8 Å². The van der Waals surface area contributed by atoms with Crippen LogP contribution in [0.25, 0.3) is 0 Å². The van der Waals surface area contributed by atoms with E-state index in [2.05, 4.69) is 20.2 Å². The Bertz CT molecular complexity index is 1120. The van der Waals surface area contributed by atoms with Gasteiger partial charge in [0.25, 0.3) is 5.91 Å². The second kappa shape index (κ2) is 11.4. The Labute approximate surface area is 212 Å². The number of carbonyl (C=O) groups is 1. The van der Waals surface area contributed by atoms with E-state index >= 15 is 0 Å². The summed E-state index contributed by atoms with van der Waals surface area (Å²) in [6.07, 6.45) is 2.99. The van der Waals surface area contributed by atoms with Crippen molar-refractivity contribution in [2.24, 2.45) is 0 Å². The summed E-state index contributed by atoms with van der Waals surface area (Å²) in [5.74, 6) is 1.46. The SMILES string of the molecule is O=C(NCCc1ccc(Cl)cc1Cl)c1ccc(CSc2nc(Cl)cc(N3CCCC3)n2)cc1. The van der Waals surface area contributed by atoms with E-state index in [0.717, 1.165) is 30.0 Å². The number of benzene rings is 2. The van der Waals surface area contributed by atoms with Gasteiger partial charge in [0.15, 0.2) is 5.16 Å². The molecule has 1 N–H and O–H groups in total. The summed E-state index contributed by atoms with van der Waals surface area (Å²) in [5, 5.41) is 5.25. The molecule has 1 fully saturated rings. The molecule has 5 nitrogen and oxygen atoms in total. The summed E-state index contributed by atoms with van der Waals surface area (Å²) in [6.45, 7) is 2.50. The van der Waals surface area contributed by atoms with E-state index in [0.29, 0.717) is 44.6 Å². The van der Waals surface area contributed by atoms with E-state index in [-0.39, 0.29) is 5.91 Å². The van der Waals surface area contributed by atoms with Crippen molar-refractivity contribution in [2.75, 3.05) is 24.5 Å². The van der Waals surface area contributed by atoms with Crippen LogP contribution in [0.15, 0.2) is 53.7 Å². The number of halogens is 3. The number of amides is 1. The number of carbonyl (C=O) groups excluding carboxylic acids is 1. The highest BCUT2D eigenvalue weighted by atomic mass is 35.5. The Morgan fingerprint density at radius 1 is 1.00 bits per heavy atom. The van der Waals surface area contributed by atoms with E-state index in [9.17, 15) is 4.79 Å². The van der Waals surface area contributed by atoms with E-state index in [1.807, 2.05) is 36.4 Å². The number of nitrogens with zero attached hydrogens (tertiary/aromatic N) is 3. The molecule has 0 unspecified atom stereocenters. The first-order valence-electron chi connectivity index (χ1n) is 10.7. The lowest BCUT2D eigenvalue weighted by atomic mass is 10.1. The van der Waals surface area contributed by atoms with Gasteiger partial charge in [-0.1, -0.05) is 64.8 Å². The third-order valence-electron chi connectivity index (χ3n) is 5.37. The summed E-state index contributed by atoms with van der Waals surface area (Å²) in [5.41, 5.74) is 2.64. The number of anilines is 1. The third kappa shape index (κ3) is 6.76.